The third-order valence-electron chi connectivity index (χ3n) is 3.11. The van der Waals surface area contributed by atoms with Gasteiger partial charge in [-0.2, -0.15) is 4.89 Å². The molecule has 0 saturated heterocycles. The van der Waals surface area contributed by atoms with Crippen LogP contribution in [0.1, 0.15) is 11.1 Å². The van der Waals surface area contributed by atoms with E-state index in [1.807, 2.05) is 18.3 Å². The normalized spacial score (nSPS) is 10.9. The van der Waals surface area contributed by atoms with Crippen molar-refractivity contribution in [2.24, 2.45) is 0 Å². The molecule has 102 valence electrons. The van der Waals surface area contributed by atoms with Crippen molar-refractivity contribution in [1.29, 1.82) is 0 Å². The Morgan fingerprint density at radius 1 is 1.25 bits per heavy atom. The standard InChI is InChI=1S/C15H13FN2O2/c1-19-20-14-5-4-12(16)8-10(14)7-11-9-18-15-13(11)3-2-6-17-15/h2-6,8-9H,7H2,1H3,(H,17,18). The van der Waals surface area contributed by atoms with Crippen LogP contribution in [0.15, 0.2) is 42.7 Å². The van der Waals surface area contributed by atoms with E-state index in [4.69, 9.17) is 4.89 Å². The molecule has 0 saturated carbocycles. The molecule has 0 aliphatic rings. The average Bonchev–Trinajstić information content (AvgIpc) is 2.86. The topological polar surface area (TPSA) is 47.1 Å². The number of hydrogen-bond donors (Lipinski definition) is 1. The number of benzene rings is 1. The van der Waals surface area contributed by atoms with Crippen LogP contribution in [0.25, 0.3) is 11.0 Å². The molecule has 1 aromatic carbocycles. The molecule has 3 aromatic rings. The Balaban J connectivity index is 2.00. The Labute approximate surface area is 115 Å². The summed E-state index contributed by atoms with van der Waals surface area (Å²) in [6, 6.07) is 8.20. The monoisotopic (exact) mass is 272 g/mol. The van der Waals surface area contributed by atoms with Crippen LogP contribution in [0.3, 0.4) is 0 Å². The Morgan fingerprint density at radius 3 is 3.00 bits per heavy atom. The number of pyridine rings is 1. The van der Waals surface area contributed by atoms with Gasteiger partial charge in [0, 0.05) is 29.8 Å². The maximum Gasteiger partial charge on any atom is 0.169 e. The SMILES string of the molecule is COOc1ccc(F)cc1Cc1c[nH]c2ncccc12. The van der Waals surface area contributed by atoms with Crippen LogP contribution in [0, 0.1) is 5.82 Å². The van der Waals surface area contributed by atoms with Crippen LogP contribution in [-0.4, -0.2) is 17.1 Å². The second kappa shape index (κ2) is 5.30. The van der Waals surface area contributed by atoms with Crippen LogP contribution < -0.4 is 4.89 Å². The molecule has 2 heterocycles. The molecule has 1 N–H and O–H groups in total. The van der Waals surface area contributed by atoms with Crippen molar-refractivity contribution in [2.75, 3.05) is 7.11 Å². The zero-order valence-corrected chi connectivity index (χ0v) is 10.9. The molecule has 0 bridgehead atoms. The van der Waals surface area contributed by atoms with E-state index in [2.05, 4.69) is 14.9 Å². The first-order valence-electron chi connectivity index (χ1n) is 6.18. The lowest BCUT2D eigenvalue weighted by Crippen LogP contribution is -1.97. The Bertz CT molecular complexity index is 740. The van der Waals surface area contributed by atoms with E-state index in [1.54, 1.807) is 12.3 Å². The summed E-state index contributed by atoms with van der Waals surface area (Å²) in [7, 11) is 1.42. The van der Waals surface area contributed by atoms with Crippen molar-refractivity contribution in [2.45, 2.75) is 6.42 Å². The fourth-order valence-electron chi connectivity index (χ4n) is 2.22. The number of aromatic nitrogens is 2. The number of nitrogens with zero attached hydrogens (tertiary/aromatic N) is 1. The van der Waals surface area contributed by atoms with Crippen molar-refractivity contribution in [3.8, 4) is 5.75 Å². The summed E-state index contributed by atoms with van der Waals surface area (Å²) in [5.41, 5.74) is 2.56. The molecule has 20 heavy (non-hydrogen) atoms. The van der Waals surface area contributed by atoms with Gasteiger partial charge in [-0.05, 0) is 35.9 Å². The van der Waals surface area contributed by atoms with Crippen molar-refractivity contribution in [3.05, 3.63) is 59.7 Å². The second-order valence-electron chi connectivity index (χ2n) is 4.39. The predicted molar refractivity (Wildman–Crippen MR) is 72.9 cm³/mol. The maximum absolute atomic E-state index is 13.4. The van der Waals surface area contributed by atoms with Gasteiger partial charge < -0.3 is 9.87 Å². The van der Waals surface area contributed by atoms with Crippen LogP contribution in [-0.2, 0) is 11.3 Å². The highest BCUT2D eigenvalue weighted by Crippen LogP contribution is 2.26. The minimum absolute atomic E-state index is 0.304. The number of halogens is 1. The first kappa shape index (κ1) is 12.6. The summed E-state index contributed by atoms with van der Waals surface area (Å²) in [6.45, 7) is 0. The van der Waals surface area contributed by atoms with Gasteiger partial charge in [0.25, 0.3) is 0 Å². The molecule has 0 fully saturated rings. The van der Waals surface area contributed by atoms with E-state index in [1.165, 1.54) is 19.2 Å². The van der Waals surface area contributed by atoms with Crippen LogP contribution in [0.5, 0.6) is 5.75 Å². The summed E-state index contributed by atoms with van der Waals surface area (Å²) >= 11 is 0. The third kappa shape index (κ3) is 2.35. The number of fused-ring (bicyclic) bond motifs is 1. The van der Waals surface area contributed by atoms with Gasteiger partial charge in [0.15, 0.2) is 5.75 Å². The number of nitrogens with one attached hydrogen (secondary N) is 1. The molecule has 0 atom stereocenters. The molecule has 0 radical (unpaired) electrons. The highest BCUT2D eigenvalue weighted by molar-refractivity contribution is 5.79. The van der Waals surface area contributed by atoms with Gasteiger partial charge in [-0.3, -0.25) is 0 Å². The van der Waals surface area contributed by atoms with Gasteiger partial charge in [-0.1, -0.05) is 0 Å². The van der Waals surface area contributed by atoms with E-state index in [0.29, 0.717) is 12.2 Å². The molecule has 3 rings (SSSR count). The molecule has 0 aliphatic carbocycles. The molecule has 0 spiro atoms. The number of aromatic amines is 1. The lowest BCUT2D eigenvalue weighted by atomic mass is 10.0. The Morgan fingerprint density at radius 2 is 2.15 bits per heavy atom. The van der Waals surface area contributed by atoms with Crippen molar-refractivity contribution in [3.63, 3.8) is 0 Å². The highest BCUT2D eigenvalue weighted by atomic mass is 19.1. The van der Waals surface area contributed by atoms with Gasteiger partial charge in [-0.25, -0.2) is 9.37 Å². The Hall–Kier alpha value is -2.40. The third-order valence-corrected chi connectivity index (χ3v) is 3.11. The molecular formula is C15H13FN2O2. The van der Waals surface area contributed by atoms with E-state index in [0.717, 1.165) is 22.2 Å². The minimum Gasteiger partial charge on any atom is -0.346 e. The average molecular weight is 272 g/mol. The summed E-state index contributed by atoms with van der Waals surface area (Å²) in [6.07, 6.45) is 4.13. The van der Waals surface area contributed by atoms with Gasteiger partial charge in [0.05, 0.1) is 7.11 Å². The van der Waals surface area contributed by atoms with E-state index >= 15 is 0 Å². The largest absolute Gasteiger partial charge is 0.346 e. The molecule has 4 nitrogen and oxygen atoms in total. The zero-order chi connectivity index (χ0) is 13.9. The molecule has 0 unspecified atom stereocenters. The van der Waals surface area contributed by atoms with Crippen LogP contribution in [0.4, 0.5) is 4.39 Å². The highest BCUT2D eigenvalue weighted by Gasteiger charge is 2.11. The number of rotatable bonds is 4. The van der Waals surface area contributed by atoms with E-state index in [-0.39, 0.29) is 5.82 Å². The van der Waals surface area contributed by atoms with Crippen LogP contribution in [0.2, 0.25) is 0 Å². The van der Waals surface area contributed by atoms with Gasteiger partial charge in [0.1, 0.15) is 11.5 Å². The first-order chi connectivity index (χ1) is 9.78. The van der Waals surface area contributed by atoms with Crippen molar-refractivity contribution < 1.29 is 14.2 Å². The summed E-state index contributed by atoms with van der Waals surface area (Å²) in [4.78, 5) is 17.1. The Kier molecular flexibility index (Phi) is 3.35. The zero-order valence-electron chi connectivity index (χ0n) is 10.9. The quantitative estimate of drug-likeness (QED) is 0.586. The van der Waals surface area contributed by atoms with Gasteiger partial charge >= 0.3 is 0 Å². The maximum atomic E-state index is 13.4. The lowest BCUT2D eigenvalue weighted by molar-refractivity contribution is -0.178. The summed E-state index contributed by atoms with van der Waals surface area (Å²) < 4.78 is 13.4. The summed E-state index contributed by atoms with van der Waals surface area (Å²) in [5, 5.41) is 1.01. The van der Waals surface area contributed by atoms with E-state index in [9.17, 15) is 4.39 Å². The van der Waals surface area contributed by atoms with Crippen LogP contribution >= 0.6 is 0 Å². The van der Waals surface area contributed by atoms with Gasteiger partial charge in [0.2, 0.25) is 0 Å². The van der Waals surface area contributed by atoms with Gasteiger partial charge in [-0.15, -0.1) is 0 Å². The fraction of sp³-hybridized carbons (Fsp3) is 0.133. The second-order valence-corrected chi connectivity index (χ2v) is 4.39. The molecule has 0 amide bonds. The van der Waals surface area contributed by atoms with Crippen molar-refractivity contribution in [1.82, 2.24) is 9.97 Å². The number of hydrogen-bond acceptors (Lipinski definition) is 3. The molecule has 2 aromatic heterocycles. The molecule has 0 aliphatic heterocycles. The molecular weight excluding hydrogens is 259 g/mol. The fourth-order valence-corrected chi connectivity index (χ4v) is 2.22. The number of H-pyrrole nitrogens is 1. The molecule has 5 heteroatoms. The predicted octanol–water partition coefficient (Wildman–Crippen LogP) is 3.23. The lowest BCUT2D eigenvalue weighted by Gasteiger charge is -2.08. The first-order valence-corrected chi connectivity index (χ1v) is 6.18. The van der Waals surface area contributed by atoms with Crippen molar-refractivity contribution >= 4 is 11.0 Å². The smallest absolute Gasteiger partial charge is 0.169 e. The minimum atomic E-state index is -0.304. The summed E-state index contributed by atoms with van der Waals surface area (Å²) in [5.74, 6) is 0.202. The van der Waals surface area contributed by atoms with E-state index < -0.39 is 0 Å².